The molecule has 0 fully saturated rings. The van der Waals surface area contributed by atoms with Gasteiger partial charge in [0, 0.05) is 24.7 Å². The molecule has 0 radical (unpaired) electrons. The lowest BCUT2D eigenvalue weighted by atomic mass is 10.0. The molecule has 1 unspecified atom stereocenters. The summed E-state index contributed by atoms with van der Waals surface area (Å²) in [7, 11) is 0. The fourth-order valence-electron chi connectivity index (χ4n) is 2.65. The van der Waals surface area contributed by atoms with Crippen molar-refractivity contribution in [3.8, 4) is 0 Å². The summed E-state index contributed by atoms with van der Waals surface area (Å²) in [5, 5.41) is 6.40. The van der Waals surface area contributed by atoms with E-state index in [9.17, 15) is 4.79 Å². The number of fused-ring (bicyclic) bond motifs is 1. The highest BCUT2D eigenvalue weighted by atomic mass is 16.1. The van der Waals surface area contributed by atoms with Gasteiger partial charge in [-0.2, -0.15) is 0 Å². The Kier molecular flexibility index (Phi) is 5.18. The molecule has 3 nitrogen and oxygen atoms in total. The fourth-order valence-corrected chi connectivity index (χ4v) is 2.65. The van der Waals surface area contributed by atoms with Crippen LogP contribution in [0.3, 0.4) is 0 Å². The number of carbonyl (C=O) groups excluding carboxylic acids is 1. The predicted molar refractivity (Wildman–Crippen MR) is 82.6 cm³/mol. The molecule has 3 heteroatoms. The van der Waals surface area contributed by atoms with Gasteiger partial charge < -0.3 is 10.6 Å². The van der Waals surface area contributed by atoms with Gasteiger partial charge in [-0.05, 0) is 42.5 Å². The normalized spacial score (nSPS) is 15.2. The minimum Gasteiger partial charge on any atom is -0.350 e. The van der Waals surface area contributed by atoms with Gasteiger partial charge in [0.25, 0.3) is 5.91 Å². The summed E-state index contributed by atoms with van der Waals surface area (Å²) in [5.41, 5.74) is 3.35. The summed E-state index contributed by atoms with van der Waals surface area (Å²) in [5.74, 6) is 0.791. The molecule has 1 aromatic carbocycles. The first kappa shape index (κ1) is 15.0. The van der Waals surface area contributed by atoms with E-state index in [4.69, 9.17) is 0 Å². The van der Waals surface area contributed by atoms with Crippen LogP contribution in [0.15, 0.2) is 18.2 Å². The van der Waals surface area contributed by atoms with Crippen molar-refractivity contribution in [2.45, 2.75) is 59.2 Å². The van der Waals surface area contributed by atoms with Gasteiger partial charge in [0.05, 0.1) is 0 Å². The first-order valence-electron chi connectivity index (χ1n) is 7.69. The lowest BCUT2D eigenvalue weighted by Crippen LogP contribution is -2.32. The highest BCUT2D eigenvalue weighted by Gasteiger charge is 2.14. The number of amides is 1. The smallest absolute Gasteiger partial charge is 0.251 e. The van der Waals surface area contributed by atoms with Crippen molar-refractivity contribution >= 4 is 5.91 Å². The van der Waals surface area contributed by atoms with Gasteiger partial charge in [-0.1, -0.05) is 32.8 Å². The van der Waals surface area contributed by atoms with Crippen LogP contribution >= 0.6 is 0 Å². The van der Waals surface area contributed by atoms with E-state index in [1.807, 2.05) is 12.1 Å². The second-order valence-electron chi connectivity index (χ2n) is 6.29. The van der Waals surface area contributed by atoms with Crippen LogP contribution in [0, 0.1) is 5.92 Å². The summed E-state index contributed by atoms with van der Waals surface area (Å²) < 4.78 is 0. The van der Waals surface area contributed by atoms with E-state index in [0.29, 0.717) is 0 Å². The van der Waals surface area contributed by atoms with Crippen molar-refractivity contribution in [1.82, 2.24) is 10.6 Å². The number of hydrogen-bond donors (Lipinski definition) is 2. The van der Waals surface area contributed by atoms with Crippen LogP contribution < -0.4 is 10.6 Å². The van der Waals surface area contributed by atoms with Crippen LogP contribution in [0.2, 0.25) is 0 Å². The standard InChI is InChI=1S/C17H26N2O/c1-12(2)5-4-6-13(3)19-17(20)14-7-8-15-10-18-11-16(15)9-14/h7-9,12-13,18H,4-6,10-11H2,1-3H3,(H,19,20). The van der Waals surface area contributed by atoms with Crippen molar-refractivity contribution in [3.63, 3.8) is 0 Å². The zero-order valence-corrected chi connectivity index (χ0v) is 12.8. The first-order chi connectivity index (χ1) is 9.56. The lowest BCUT2D eigenvalue weighted by Gasteiger charge is -2.15. The SMILES string of the molecule is CC(C)CCCC(C)NC(=O)c1ccc2c(c1)CNC2. The van der Waals surface area contributed by atoms with Crippen molar-refractivity contribution in [2.75, 3.05) is 0 Å². The highest BCUT2D eigenvalue weighted by Crippen LogP contribution is 2.17. The summed E-state index contributed by atoms with van der Waals surface area (Å²) in [6.45, 7) is 8.36. The van der Waals surface area contributed by atoms with Gasteiger partial charge in [0.15, 0.2) is 0 Å². The van der Waals surface area contributed by atoms with Crippen molar-refractivity contribution in [3.05, 3.63) is 34.9 Å². The van der Waals surface area contributed by atoms with Crippen LogP contribution in [0.1, 0.15) is 61.5 Å². The van der Waals surface area contributed by atoms with Crippen LogP contribution in [-0.4, -0.2) is 11.9 Å². The molecule has 0 spiro atoms. The molecule has 1 aliphatic rings. The van der Waals surface area contributed by atoms with E-state index in [1.54, 1.807) is 0 Å². The van der Waals surface area contributed by atoms with E-state index in [1.165, 1.54) is 24.0 Å². The van der Waals surface area contributed by atoms with Gasteiger partial charge >= 0.3 is 0 Å². The van der Waals surface area contributed by atoms with Gasteiger partial charge in [0.2, 0.25) is 0 Å². The van der Waals surface area contributed by atoms with E-state index in [-0.39, 0.29) is 11.9 Å². The van der Waals surface area contributed by atoms with Crippen LogP contribution in [0.25, 0.3) is 0 Å². The van der Waals surface area contributed by atoms with Gasteiger partial charge in [-0.3, -0.25) is 4.79 Å². The van der Waals surface area contributed by atoms with Crippen molar-refractivity contribution in [2.24, 2.45) is 5.92 Å². The minimum absolute atomic E-state index is 0.0525. The van der Waals surface area contributed by atoms with E-state index < -0.39 is 0 Å². The molecule has 0 bridgehead atoms. The van der Waals surface area contributed by atoms with Crippen molar-refractivity contribution in [1.29, 1.82) is 0 Å². The number of carbonyl (C=O) groups is 1. The third-order valence-electron chi connectivity index (χ3n) is 3.90. The Morgan fingerprint density at radius 2 is 1.95 bits per heavy atom. The first-order valence-corrected chi connectivity index (χ1v) is 7.69. The lowest BCUT2D eigenvalue weighted by molar-refractivity contribution is 0.0937. The molecule has 2 rings (SSSR count). The topological polar surface area (TPSA) is 41.1 Å². The third-order valence-corrected chi connectivity index (χ3v) is 3.90. The Morgan fingerprint density at radius 1 is 1.20 bits per heavy atom. The summed E-state index contributed by atoms with van der Waals surface area (Å²) in [6, 6.07) is 6.26. The zero-order chi connectivity index (χ0) is 14.5. The highest BCUT2D eigenvalue weighted by molar-refractivity contribution is 5.94. The summed E-state index contributed by atoms with van der Waals surface area (Å²) in [4.78, 5) is 12.2. The summed E-state index contributed by atoms with van der Waals surface area (Å²) >= 11 is 0. The Balaban J connectivity index is 1.85. The maximum atomic E-state index is 12.2. The molecular formula is C17H26N2O. The third kappa shape index (κ3) is 4.07. The number of nitrogens with one attached hydrogen (secondary N) is 2. The maximum absolute atomic E-state index is 12.2. The number of hydrogen-bond acceptors (Lipinski definition) is 2. The van der Waals surface area contributed by atoms with Crippen LogP contribution in [0.5, 0.6) is 0 Å². The van der Waals surface area contributed by atoms with E-state index in [2.05, 4.69) is 37.5 Å². The molecule has 20 heavy (non-hydrogen) atoms. The minimum atomic E-state index is 0.0525. The molecule has 0 aromatic heterocycles. The average Bonchev–Trinajstić information content (AvgIpc) is 2.85. The largest absolute Gasteiger partial charge is 0.350 e. The molecule has 1 heterocycles. The van der Waals surface area contributed by atoms with Crippen LogP contribution in [-0.2, 0) is 13.1 Å². The van der Waals surface area contributed by atoms with Crippen LogP contribution in [0.4, 0.5) is 0 Å². The monoisotopic (exact) mass is 274 g/mol. The molecule has 1 atom stereocenters. The molecule has 1 aromatic rings. The molecule has 0 saturated heterocycles. The van der Waals surface area contributed by atoms with Crippen molar-refractivity contribution < 1.29 is 4.79 Å². The maximum Gasteiger partial charge on any atom is 0.251 e. The average molecular weight is 274 g/mol. The van der Waals surface area contributed by atoms with E-state index in [0.717, 1.165) is 31.0 Å². The molecule has 0 saturated carbocycles. The molecule has 2 N–H and O–H groups in total. The quantitative estimate of drug-likeness (QED) is 0.836. The Bertz CT molecular complexity index is 468. The molecule has 110 valence electrons. The van der Waals surface area contributed by atoms with Gasteiger partial charge in [0.1, 0.15) is 0 Å². The second-order valence-corrected chi connectivity index (χ2v) is 6.29. The molecule has 1 aliphatic heterocycles. The number of benzene rings is 1. The van der Waals surface area contributed by atoms with Gasteiger partial charge in [-0.25, -0.2) is 0 Å². The molecule has 0 aliphatic carbocycles. The second kappa shape index (κ2) is 6.89. The predicted octanol–water partition coefficient (Wildman–Crippen LogP) is 3.23. The Morgan fingerprint density at radius 3 is 2.70 bits per heavy atom. The summed E-state index contributed by atoms with van der Waals surface area (Å²) in [6.07, 6.45) is 3.45. The molecule has 1 amide bonds. The fraction of sp³-hybridized carbons (Fsp3) is 0.588. The number of rotatable bonds is 6. The van der Waals surface area contributed by atoms with E-state index >= 15 is 0 Å². The Labute approximate surface area is 122 Å². The zero-order valence-electron chi connectivity index (χ0n) is 12.8. The van der Waals surface area contributed by atoms with Gasteiger partial charge in [-0.15, -0.1) is 0 Å². The molecular weight excluding hydrogens is 248 g/mol. The Hall–Kier alpha value is -1.35.